The van der Waals surface area contributed by atoms with Crippen molar-refractivity contribution in [3.8, 4) is 0 Å². The first-order valence-electron chi connectivity index (χ1n) is 7.47. The summed E-state index contributed by atoms with van der Waals surface area (Å²) in [5, 5.41) is 2.39. The van der Waals surface area contributed by atoms with E-state index in [1.54, 1.807) is 23.5 Å². The van der Waals surface area contributed by atoms with Crippen LogP contribution in [0.3, 0.4) is 0 Å². The number of para-hydroxylation sites is 4. The molecule has 0 spiro atoms. The van der Waals surface area contributed by atoms with Gasteiger partial charge in [-0.3, -0.25) is 0 Å². The third kappa shape index (κ3) is 3.23. The van der Waals surface area contributed by atoms with Gasteiger partial charge in [-0.1, -0.05) is 54.7 Å². The molecule has 4 rings (SSSR count). The van der Waals surface area contributed by atoms with Crippen molar-refractivity contribution >= 4 is 45.6 Å². The van der Waals surface area contributed by atoms with Gasteiger partial charge in [-0.15, -0.1) is 0 Å². The number of aromatic nitrogens is 4. The van der Waals surface area contributed by atoms with Crippen LogP contribution in [-0.2, 0) is 0 Å². The minimum Gasteiger partial charge on any atom is -0.333 e. The van der Waals surface area contributed by atoms with E-state index in [1.165, 1.54) is 0 Å². The summed E-state index contributed by atoms with van der Waals surface area (Å²) < 4.78 is 0. The number of H-pyrrole nitrogens is 2. The van der Waals surface area contributed by atoms with Gasteiger partial charge in [0, 0.05) is 11.0 Å². The van der Waals surface area contributed by atoms with Crippen molar-refractivity contribution in [2.75, 3.05) is 5.75 Å². The number of aromatic amines is 2. The van der Waals surface area contributed by atoms with Crippen molar-refractivity contribution in [3.63, 3.8) is 0 Å². The normalized spacial score (nSPS) is 12.9. The van der Waals surface area contributed by atoms with Crippen LogP contribution < -0.4 is 0 Å². The highest BCUT2D eigenvalue weighted by Crippen LogP contribution is 2.28. The van der Waals surface area contributed by atoms with Crippen LogP contribution in [0.1, 0.15) is 6.92 Å². The Morgan fingerprint density at radius 3 is 2.09 bits per heavy atom. The average Bonchev–Trinajstić information content (AvgIpc) is 3.15. The molecule has 2 aromatic carbocycles. The lowest BCUT2D eigenvalue weighted by molar-refractivity contribution is 1.03. The van der Waals surface area contributed by atoms with Crippen molar-refractivity contribution < 1.29 is 0 Å². The predicted octanol–water partition coefficient (Wildman–Crippen LogP) is 4.71. The number of benzene rings is 2. The zero-order valence-electron chi connectivity index (χ0n) is 12.6. The van der Waals surface area contributed by atoms with E-state index in [1.807, 2.05) is 36.4 Å². The average molecular weight is 340 g/mol. The van der Waals surface area contributed by atoms with E-state index in [9.17, 15) is 0 Å². The van der Waals surface area contributed by atoms with E-state index in [-0.39, 0.29) is 0 Å². The van der Waals surface area contributed by atoms with Crippen molar-refractivity contribution in [1.29, 1.82) is 0 Å². The summed E-state index contributed by atoms with van der Waals surface area (Å²) in [4.78, 5) is 15.9. The van der Waals surface area contributed by atoms with Crippen LogP contribution in [0.5, 0.6) is 0 Å². The van der Waals surface area contributed by atoms with Crippen molar-refractivity contribution in [2.24, 2.45) is 0 Å². The Labute approximate surface area is 142 Å². The van der Waals surface area contributed by atoms with E-state index in [2.05, 4.69) is 39.0 Å². The number of fused-ring (bicyclic) bond motifs is 2. The fourth-order valence-electron chi connectivity index (χ4n) is 2.40. The van der Waals surface area contributed by atoms with E-state index in [0.717, 1.165) is 38.1 Å². The van der Waals surface area contributed by atoms with Crippen molar-refractivity contribution in [3.05, 3.63) is 48.5 Å². The Kier molecular flexibility index (Phi) is 4.01. The Morgan fingerprint density at radius 1 is 0.870 bits per heavy atom. The standard InChI is InChI=1S/C17H16N4S2/c1-11(23-17-20-14-8-4-5-9-15(14)21-17)10-22-16-18-12-6-2-3-7-13(12)19-16/h2-9,11H,10H2,1H3,(H,18,19)(H,20,21). The van der Waals surface area contributed by atoms with Crippen LogP contribution in [0.2, 0.25) is 0 Å². The maximum Gasteiger partial charge on any atom is 0.166 e. The van der Waals surface area contributed by atoms with E-state index in [4.69, 9.17) is 0 Å². The lowest BCUT2D eigenvalue weighted by Gasteiger charge is -2.06. The molecule has 0 bridgehead atoms. The van der Waals surface area contributed by atoms with Gasteiger partial charge in [-0.25, -0.2) is 9.97 Å². The molecular weight excluding hydrogens is 324 g/mol. The zero-order valence-corrected chi connectivity index (χ0v) is 14.2. The van der Waals surface area contributed by atoms with Crippen molar-refractivity contribution in [1.82, 2.24) is 19.9 Å². The minimum atomic E-state index is 0.439. The molecule has 23 heavy (non-hydrogen) atoms. The lowest BCUT2D eigenvalue weighted by Crippen LogP contribution is -2.00. The summed E-state index contributed by atoms with van der Waals surface area (Å²) >= 11 is 3.52. The smallest absolute Gasteiger partial charge is 0.166 e. The second kappa shape index (κ2) is 6.29. The number of rotatable bonds is 5. The second-order valence-corrected chi connectivity index (χ2v) is 7.79. The molecule has 0 aliphatic carbocycles. The summed E-state index contributed by atoms with van der Waals surface area (Å²) in [7, 11) is 0. The van der Waals surface area contributed by atoms with Crippen LogP contribution in [0.25, 0.3) is 22.1 Å². The molecule has 6 heteroatoms. The molecule has 1 atom stereocenters. The molecule has 2 heterocycles. The first-order chi connectivity index (χ1) is 11.3. The van der Waals surface area contributed by atoms with Gasteiger partial charge < -0.3 is 9.97 Å². The SMILES string of the molecule is CC(CSc1nc2ccccc2[nH]1)Sc1nc2ccccc2[nH]1. The number of nitrogens with zero attached hydrogens (tertiary/aromatic N) is 2. The van der Waals surface area contributed by atoms with Gasteiger partial charge in [0.25, 0.3) is 0 Å². The van der Waals surface area contributed by atoms with Gasteiger partial charge in [-0.2, -0.15) is 0 Å². The van der Waals surface area contributed by atoms with Crippen LogP contribution >= 0.6 is 23.5 Å². The summed E-state index contributed by atoms with van der Waals surface area (Å²) in [6.07, 6.45) is 0. The summed E-state index contributed by atoms with van der Waals surface area (Å²) in [6, 6.07) is 16.2. The third-order valence-electron chi connectivity index (χ3n) is 3.50. The van der Waals surface area contributed by atoms with Crippen molar-refractivity contribution in [2.45, 2.75) is 22.5 Å². The molecule has 0 fully saturated rings. The zero-order chi connectivity index (χ0) is 15.6. The molecule has 1 unspecified atom stereocenters. The molecule has 0 saturated heterocycles. The second-order valence-electron chi connectivity index (χ2n) is 5.36. The molecule has 2 N–H and O–H groups in total. The van der Waals surface area contributed by atoms with Gasteiger partial charge in [0.05, 0.1) is 22.1 Å². The van der Waals surface area contributed by atoms with Gasteiger partial charge in [0.15, 0.2) is 10.3 Å². The van der Waals surface area contributed by atoms with Gasteiger partial charge >= 0.3 is 0 Å². The summed E-state index contributed by atoms with van der Waals surface area (Å²) in [5.74, 6) is 0.974. The Balaban J connectivity index is 1.40. The number of imidazole rings is 2. The predicted molar refractivity (Wildman–Crippen MR) is 98.2 cm³/mol. The number of hydrogen-bond donors (Lipinski definition) is 2. The maximum absolute atomic E-state index is 4.62. The first-order valence-corrected chi connectivity index (χ1v) is 9.33. The monoisotopic (exact) mass is 340 g/mol. The van der Waals surface area contributed by atoms with E-state index in [0.29, 0.717) is 5.25 Å². The Bertz CT molecular complexity index is 878. The first kappa shape index (κ1) is 14.7. The molecule has 0 aliphatic rings. The largest absolute Gasteiger partial charge is 0.333 e. The summed E-state index contributed by atoms with van der Waals surface area (Å²) in [5.41, 5.74) is 4.22. The van der Waals surface area contributed by atoms with Gasteiger partial charge in [0.1, 0.15) is 0 Å². The highest BCUT2D eigenvalue weighted by Gasteiger charge is 2.11. The van der Waals surface area contributed by atoms with Crippen LogP contribution in [-0.4, -0.2) is 30.9 Å². The lowest BCUT2D eigenvalue weighted by atomic mass is 10.3. The number of nitrogens with one attached hydrogen (secondary N) is 2. The highest BCUT2D eigenvalue weighted by molar-refractivity contribution is 8.03. The fraction of sp³-hybridized carbons (Fsp3) is 0.176. The molecular formula is C17H16N4S2. The Morgan fingerprint density at radius 2 is 1.43 bits per heavy atom. The molecule has 0 saturated carbocycles. The number of hydrogen-bond acceptors (Lipinski definition) is 4. The number of thioether (sulfide) groups is 2. The van der Waals surface area contributed by atoms with Crippen LogP contribution in [0.15, 0.2) is 58.8 Å². The fourth-order valence-corrected chi connectivity index (χ4v) is 4.32. The van der Waals surface area contributed by atoms with Crippen LogP contribution in [0, 0.1) is 0 Å². The minimum absolute atomic E-state index is 0.439. The molecule has 0 aliphatic heterocycles. The molecule has 4 nitrogen and oxygen atoms in total. The topological polar surface area (TPSA) is 57.4 Å². The van der Waals surface area contributed by atoms with Crippen LogP contribution in [0.4, 0.5) is 0 Å². The molecule has 4 aromatic rings. The van der Waals surface area contributed by atoms with Gasteiger partial charge in [0.2, 0.25) is 0 Å². The molecule has 0 amide bonds. The maximum atomic E-state index is 4.62. The van der Waals surface area contributed by atoms with E-state index < -0.39 is 0 Å². The van der Waals surface area contributed by atoms with E-state index >= 15 is 0 Å². The third-order valence-corrected chi connectivity index (χ3v) is 5.83. The Hall–Kier alpha value is -1.92. The molecule has 2 aromatic heterocycles. The summed E-state index contributed by atoms with van der Waals surface area (Å²) in [6.45, 7) is 2.22. The van der Waals surface area contributed by atoms with Gasteiger partial charge in [-0.05, 0) is 24.3 Å². The quantitative estimate of drug-likeness (QED) is 0.517. The molecule has 116 valence electrons. The highest BCUT2D eigenvalue weighted by atomic mass is 32.2. The molecule has 0 radical (unpaired) electrons.